The van der Waals surface area contributed by atoms with Gasteiger partial charge in [-0.15, -0.1) is 0 Å². The molecule has 4 nitrogen and oxygen atoms in total. The summed E-state index contributed by atoms with van der Waals surface area (Å²) >= 11 is 3.39. The monoisotopic (exact) mass is 337 g/mol. The molecule has 2 N–H and O–H groups in total. The second-order valence-corrected chi connectivity index (χ2v) is 5.07. The Morgan fingerprint density at radius 1 is 1.35 bits per heavy atom. The first-order chi connectivity index (χ1) is 9.51. The van der Waals surface area contributed by atoms with Crippen molar-refractivity contribution in [3.63, 3.8) is 0 Å². The summed E-state index contributed by atoms with van der Waals surface area (Å²) in [5.41, 5.74) is 1.80. The van der Waals surface area contributed by atoms with E-state index in [1.54, 1.807) is 13.1 Å². The number of hydrogen-bond donors (Lipinski definition) is 2. The lowest BCUT2D eigenvalue weighted by Gasteiger charge is -2.10. The molecule has 1 amide bonds. The Balaban J connectivity index is 2.27. The third-order valence-corrected chi connectivity index (χ3v) is 3.64. The van der Waals surface area contributed by atoms with E-state index in [-0.39, 0.29) is 5.56 Å². The van der Waals surface area contributed by atoms with Crippen LogP contribution in [-0.2, 0) is 0 Å². The van der Waals surface area contributed by atoms with Gasteiger partial charge in [-0.2, -0.15) is 0 Å². The Bertz CT molecular complexity index is 661. The van der Waals surface area contributed by atoms with Gasteiger partial charge in [-0.3, -0.25) is 4.79 Å². The van der Waals surface area contributed by atoms with Gasteiger partial charge < -0.3 is 10.6 Å². The zero-order valence-electron chi connectivity index (χ0n) is 11.0. The van der Waals surface area contributed by atoms with Crippen LogP contribution >= 0.6 is 15.9 Å². The summed E-state index contributed by atoms with van der Waals surface area (Å²) in [5.74, 6) is -0.637. The van der Waals surface area contributed by atoms with Crippen LogP contribution in [0.4, 0.5) is 15.9 Å². The van der Waals surface area contributed by atoms with E-state index in [0.29, 0.717) is 11.5 Å². The van der Waals surface area contributed by atoms with E-state index in [4.69, 9.17) is 0 Å². The smallest absolute Gasteiger partial charge is 0.259 e. The molecule has 0 unspecified atom stereocenters. The number of carbonyl (C=O) groups excluding carboxylic acids is 1. The van der Waals surface area contributed by atoms with Gasteiger partial charge in [0, 0.05) is 17.2 Å². The minimum absolute atomic E-state index is 0.160. The topological polar surface area (TPSA) is 54.0 Å². The summed E-state index contributed by atoms with van der Waals surface area (Å²) in [5, 5.41) is 5.49. The van der Waals surface area contributed by atoms with Crippen LogP contribution in [0.1, 0.15) is 15.9 Å². The van der Waals surface area contributed by atoms with Gasteiger partial charge in [0.05, 0.1) is 11.8 Å². The molecule has 0 aliphatic rings. The lowest BCUT2D eigenvalue weighted by molar-refractivity contribution is 0.102. The SMILES string of the molecule is CNc1ncc(F)cc1C(=O)Nc1ccc(Br)c(C)c1. The van der Waals surface area contributed by atoms with Crippen LogP contribution in [0.15, 0.2) is 34.9 Å². The van der Waals surface area contributed by atoms with Crippen molar-refractivity contribution in [1.82, 2.24) is 4.98 Å². The fourth-order valence-corrected chi connectivity index (χ4v) is 1.98. The van der Waals surface area contributed by atoms with Crippen molar-refractivity contribution in [2.75, 3.05) is 17.7 Å². The van der Waals surface area contributed by atoms with Crippen LogP contribution in [0, 0.1) is 12.7 Å². The predicted molar refractivity (Wildman–Crippen MR) is 80.6 cm³/mol. The van der Waals surface area contributed by atoms with Crippen molar-refractivity contribution in [3.05, 3.63) is 51.9 Å². The minimum atomic E-state index is -0.555. The van der Waals surface area contributed by atoms with Crippen LogP contribution in [0.2, 0.25) is 0 Å². The molecule has 0 fully saturated rings. The van der Waals surface area contributed by atoms with Crippen molar-refractivity contribution in [2.45, 2.75) is 6.92 Å². The number of amides is 1. The number of aryl methyl sites for hydroxylation is 1. The maximum atomic E-state index is 13.2. The average molecular weight is 338 g/mol. The number of rotatable bonds is 3. The number of anilines is 2. The van der Waals surface area contributed by atoms with Crippen LogP contribution in [0.3, 0.4) is 0 Å². The van der Waals surface area contributed by atoms with E-state index in [1.807, 2.05) is 19.1 Å². The van der Waals surface area contributed by atoms with E-state index >= 15 is 0 Å². The van der Waals surface area contributed by atoms with Crippen molar-refractivity contribution >= 4 is 33.3 Å². The van der Waals surface area contributed by atoms with E-state index in [1.165, 1.54) is 0 Å². The first kappa shape index (κ1) is 14.5. The van der Waals surface area contributed by atoms with Gasteiger partial charge in [-0.05, 0) is 36.8 Å². The Morgan fingerprint density at radius 2 is 2.10 bits per heavy atom. The highest BCUT2D eigenvalue weighted by Gasteiger charge is 2.13. The molecular formula is C14H13BrFN3O. The lowest BCUT2D eigenvalue weighted by atomic mass is 10.2. The maximum absolute atomic E-state index is 13.2. The molecule has 2 rings (SSSR count). The van der Waals surface area contributed by atoms with E-state index in [9.17, 15) is 9.18 Å². The molecule has 0 radical (unpaired) electrons. The number of carbonyl (C=O) groups is 1. The molecule has 0 aliphatic carbocycles. The van der Waals surface area contributed by atoms with Crippen molar-refractivity contribution in [3.8, 4) is 0 Å². The summed E-state index contributed by atoms with van der Waals surface area (Å²) in [6.45, 7) is 1.92. The Hall–Kier alpha value is -1.95. The maximum Gasteiger partial charge on any atom is 0.259 e. The fraction of sp³-hybridized carbons (Fsp3) is 0.143. The van der Waals surface area contributed by atoms with Crippen molar-refractivity contribution in [1.29, 1.82) is 0 Å². The summed E-state index contributed by atoms with van der Waals surface area (Å²) in [7, 11) is 1.63. The quantitative estimate of drug-likeness (QED) is 0.899. The first-order valence-corrected chi connectivity index (χ1v) is 6.71. The van der Waals surface area contributed by atoms with Crippen LogP contribution < -0.4 is 10.6 Å². The summed E-state index contributed by atoms with van der Waals surface area (Å²) in [4.78, 5) is 16.0. The van der Waals surface area contributed by atoms with Gasteiger partial charge in [0.2, 0.25) is 0 Å². The normalized spacial score (nSPS) is 10.2. The van der Waals surface area contributed by atoms with Gasteiger partial charge in [-0.1, -0.05) is 15.9 Å². The molecule has 2 aromatic rings. The van der Waals surface area contributed by atoms with E-state index < -0.39 is 11.7 Å². The third-order valence-electron chi connectivity index (χ3n) is 2.75. The number of nitrogens with one attached hydrogen (secondary N) is 2. The average Bonchev–Trinajstić information content (AvgIpc) is 2.43. The number of nitrogens with zero attached hydrogens (tertiary/aromatic N) is 1. The predicted octanol–water partition coefficient (Wildman–Crippen LogP) is 3.59. The molecule has 1 aromatic carbocycles. The second kappa shape index (κ2) is 6.00. The summed E-state index contributed by atoms with van der Waals surface area (Å²) < 4.78 is 14.2. The fourth-order valence-electron chi connectivity index (χ4n) is 1.73. The molecule has 20 heavy (non-hydrogen) atoms. The highest BCUT2D eigenvalue weighted by atomic mass is 79.9. The van der Waals surface area contributed by atoms with Crippen molar-refractivity contribution in [2.24, 2.45) is 0 Å². The molecule has 0 aliphatic heterocycles. The summed E-state index contributed by atoms with van der Waals surface area (Å²) in [6.07, 6.45) is 1.06. The van der Waals surface area contributed by atoms with E-state index in [2.05, 4.69) is 31.5 Å². The molecule has 0 saturated heterocycles. The number of benzene rings is 1. The lowest BCUT2D eigenvalue weighted by Crippen LogP contribution is -2.15. The number of hydrogen-bond acceptors (Lipinski definition) is 3. The van der Waals surface area contributed by atoms with Gasteiger partial charge in [0.15, 0.2) is 0 Å². The minimum Gasteiger partial charge on any atom is -0.372 e. The van der Waals surface area contributed by atoms with Crippen LogP contribution in [-0.4, -0.2) is 17.9 Å². The highest BCUT2D eigenvalue weighted by Crippen LogP contribution is 2.21. The number of pyridine rings is 1. The van der Waals surface area contributed by atoms with Gasteiger partial charge >= 0.3 is 0 Å². The van der Waals surface area contributed by atoms with Gasteiger partial charge in [-0.25, -0.2) is 9.37 Å². The molecule has 104 valence electrons. The van der Waals surface area contributed by atoms with Crippen LogP contribution in [0.5, 0.6) is 0 Å². The largest absolute Gasteiger partial charge is 0.372 e. The molecular weight excluding hydrogens is 325 g/mol. The number of halogens is 2. The van der Waals surface area contributed by atoms with E-state index in [0.717, 1.165) is 22.3 Å². The zero-order valence-corrected chi connectivity index (χ0v) is 12.6. The molecule has 0 bridgehead atoms. The first-order valence-electron chi connectivity index (χ1n) is 5.92. The second-order valence-electron chi connectivity index (χ2n) is 4.22. The standard InChI is InChI=1S/C14H13BrFN3O/c1-8-5-10(3-4-12(8)15)19-14(20)11-6-9(16)7-18-13(11)17-2/h3-7H,1-2H3,(H,17,18)(H,19,20). The van der Waals surface area contributed by atoms with Gasteiger partial charge in [0.25, 0.3) is 5.91 Å². The zero-order chi connectivity index (χ0) is 14.7. The molecule has 6 heteroatoms. The molecule has 0 spiro atoms. The summed E-state index contributed by atoms with van der Waals surface area (Å²) in [6, 6.07) is 6.59. The Kier molecular flexibility index (Phi) is 4.34. The van der Waals surface area contributed by atoms with Gasteiger partial charge in [0.1, 0.15) is 11.6 Å². The Labute approximate surface area is 124 Å². The molecule has 0 atom stereocenters. The molecule has 0 saturated carbocycles. The van der Waals surface area contributed by atoms with Crippen LogP contribution in [0.25, 0.3) is 0 Å². The highest BCUT2D eigenvalue weighted by molar-refractivity contribution is 9.10. The molecule has 1 aromatic heterocycles. The Morgan fingerprint density at radius 3 is 2.75 bits per heavy atom. The third kappa shape index (κ3) is 3.14. The number of aromatic nitrogens is 1. The van der Waals surface area contributed by atoms with Crippen molar-refractivity contribution < 1.29 is 9.18 Å². The molecule has 1 heterocycles.